The van der Waals surface area contributed by atoms with Gasteiger partial charge in [-0.05, 0) is 36.4 Å². The minimum atomic E-state index is -0.385. The molecule has 4 N–H and O–H groups in total. The average Bonchev–Trinajstić information content (AvgIpc) is 2.60. The molecule has 2 aromatic carbocycles. The van der Waals surface area contributed by atoms with E-state index in [1.807, 2.05) is 18.2 Å². The molecule has 0 aliphatic rings. The molecular weight excluding hydrogens is 332 g/mol. The molecule has 2 rings (SSSR count). The number of para-hydroxylation sites is 1. The van der Waals surface area contributed by atoms with Gasteiger partial charge in [-0.15, -0.1) is 0 Å². The first-order chi connectivity index (χ1) is 12.4. The number of hydrogen-bond donors (Lipinski definition) is 4. The molecule has 0 aromatic heterocycles. The maximum Gasteiger partial charge on any atom is 0.269 e. The number of nitrogens with one attached hydrogen (secondary N) is 4. The van der Waals surface area contributed by atoms with Gasteiger partial charge in [0.1, 0.15) is 0 Å². The van der Waals surface area contributed by atoms with Crippen LogP contribution in [0.4, 0.5) is 11.4 Å². The first kappa shape index (κ1) is 18.7. The molecule has 26 heavy (non-hydrogen) atoms. The summed E-state index contributed by atoms with van der Waals surface area (Å²) >= 11 is 0. The maximum atomic E-state index is 12.1. The molecule has 0 aliphatic carbocycles. The summed E-state index contributed by atoms with van der Waals surface area (Å²) in [6, 6.07) is 15.5. The highest BCUT2D eigenvalue weighted by Crippen LogP contribution is 2.09. The van der Waals surface area contributed by atoms with Crippen molar-refractivity contribution in [3.63, 3.8) is 0 Å². The van der Waals surface area contributed by atoms with Crippen LogP contribution in [-0.4, -0.2) is 17.7 Å². The lowest BCUT2D eigenvalue weighted by Gasteiger charge is -2.12. The van der Waals surface area contributed by atoms with Crippen LogP contribution in [0.15, 0.2) is 66.9 Å². The van der Waals surface area contributed by atoms with Crippen LogP contribution in [0.5, 0.6) is 0 Å². The zero-order valence-electron chi connectivity index (χ0n) is 14.3. The molecule has 3 amide bonds. The topological polar surface area (TPSA) is 99.3 Å². The van der Waals surface area contributed by atoms with Crippen molar-refractivity contribution in [2.45, 2.75) is 13.3 Å². The van der Waals surface area contributed by atoms with Crippen molar-refractivity contribution in [3.8, 4) is 0 Å². The first-order valence-electron chi connectivity index (χ1n) is 7.91. The Morgan fingerprint density at radius 1 is 0.846 bits per heavy atom. The first-order valence-corrected chi connectivity index (χ1v) is 7.91. The summed E-state index contributed by atoms with van der Waals surface area (Å²) in [7, 11) is 0. The number of rotatable bonds is 7. The molecule has 0 atom stereocenters. The highest BCUT2D eigenvalue weighted by Gasteiger charge is 2.08. The van der Waals surface area contributed by atoms with Gasteiger partial charge < -0.3 is 16.1 Å². The van der Waals surface area contributed by atoms with Gasteiger partial charge in [0.15, 0.2) is 0 Å². The van der Waals surface area contributed by atoms with Crippen molar-refractivity contribution in [3.05, 3.63) is 72.4 Å². The van der Waals surface area contributed by atoms with Gasteiger partial charge in [0.05, 0.1) is 6.42 Å². The van der Waals surface area contributed by atoms with Crippen LogP contribution < -0.4 is 21.5 Å². The summed E-state index contributed by atoms with van der Waals surface area (Å²) in [5.74, 6) is -0.819. The predicted octanol–water partition coefficient (Wildman–Crippen LogP) is 2.42. The summed E-state index contributed by atoms with van der Waals surface area (Å²) in [5, 5.41) is 5.34. The van der Waals surface area contributed by atoms with Crippen LogP contribution in [0.3, 0.4) is 0 Å². The fourth-order valence-corrected chi connectivity index (χ4v) is 2.09. The monoisotopic (exact) mass is 352 g/mol. The van der Waals surface area contributed by atoms with E-state index >= 15 is 0 Å². The van der Waals surface area contributed by atoms with Crippen LogP contribution in [0.2, 0.25) is 0 Å². The maximum absolute atomic E-state index is 12.1. The molecule has 7 heteroatoms. The third-order valence-corrected chi connectivity index (χ3v) is 3.25. The molecule has 0 radical (unpaired) electrons. The summed E-state index contributed by atoms with van der Waals surface area (Å²) in [6.07, 6.45) is 0.0106. The largest absolute Gasteiger partial charge is 0.326 e. The molecule has 7 nitrogen and oxygen atoms in total. The lowest BCUT2D eigenvalue weighted by molar-refractivity contribution is -0.116. The second kappa shape index (κ2) is 9.03. The van der Waals surface area contributed by atoms with Crippen LogP contribution in [0, 0.1) is 0 Å². The molecule has 0 saturated heterocycles. The summed E-state index contributed by atoms with van der Waals surface area (Å²) in [6.45, 7) is 5.12. The number of anilines is 2. The summed E-state index contributed by atoms with van der Waals surface area (Å²) in [4.78, 5) is 34.9. The zero-order chi connectivity index (χ0) is 18.9. The third kappa shape index (κ3) is 6.12. The van der Waals surface area contributed by atoms with Crippen LogP contribution >= 0.6 is 0 Å². The molecule has 0 spiro atoms. The van der Waals surface area contributed by atoms with Crippen molar-refractivity contribution in [1.82, 2.24) is 10.9 Å². The Bertz CT molecular complexity index is 801. The number of amides is 3. The lowest BCUT2D eigenvalue weighted by Crippen LogP contribution is -2.37. The van der Waals surface area contributed by atoms with E-state index in [2.05, 4.69) is 28.1 Å². The number of carbonyl (C=O) groups excluding carboxylic acids is 3. The second-order valence-electron chi connectivity index (χ2n) is 5.53. The van der Waals surface area contributed by atoms with Crippen LogP contribution in [0.1, 0.15) is 23.7 Å². The van der Waals surface area contributed by atoms with E-state index in [1.165, 1.54) is 6.92 Å². The minimum absolute atomic E-state index is 0.0106. The fraction of sp³-hybridized carbons (Fsp3) is 0.105. The van der Waals surface area contributed by atoms with Gasteiger partial charge in [-0.3, -0.25) is 19.8 Å². The van der Waals surface area contributed by atoms with E-state index in [9.17, 15) is 14.4 Å². The van der Waals surface area contributed by atoms with Crippen molar-refractivity contribution < 1.29 is 14.4 Å². The van der Waals surface area contributed by atoms with E-state index in [0.717, 1.165) is 0 Å². The number of benzene rings is 2. The van der Waals surface area contributed by atoms with Gasteiger partial charge in [-0.2, -0.15) is 0 Å². The predicted molar refractivity (Wildman–Crippen MR) is 100 cm³/mol. The smallest absolute Gasteiger partial charge is 0.269 e. The van der Waals surface area contributed by atoms with Gasteiger partial charge in [0.2, 0.25) is 11.8 Å². The Kier molecular flexibility index (Phi) is 6.50. The number of hydrogen-bond acceptors (Lipinski definition) is 4. The Labute approximate surface area is 151 Å². The Hall–Kier alpha value is -3.61. The molecule has 0 bridgehead atoms. The highest BCUT2D eigenvalue weighted by atomic mass is 16.2. The highest BCUT2D eigenvalue weighted by molar-refractivity contribution is 5.95. The molecule has 0 aliphatic heterocycles. The summed E-state index contributed by atoms with van der Waals surface area (Å²) in [5.41, 5.74) is 7.13. The van der Waals surface area contributed by atoms with Gasteiger partial charge in [0.25, 0.3) is 5.91 Å². The van der Waals surface area contributed by atoms with Crippen molar-refractivity contribution in [2.75, 3.05) is 10.6 Å². The fourth-order valence-electron chi connectivity index (χ4n) is 2.09. The quantitative estimate of drug-likeness (QED) is 0.575. The average molecular weight is 352 g/mol. The van der Waals surface area contributed by atoms with E-state index < -0.39 is 0 Å². The van der Waals surface area contributed by atoms with Crippen LogP contribution in [-0.2, 0) is 9.59 Å². The van der Waals surface area contributed by atoms with E-state index in [-0.39, 0.29) is 24.1 Å². The molecule has 0 heterocycles. The van der Waals surface area contributed by atoms with E-state index in [0.29, 0.717) is 22.6 Å². The second-order valence-corrected chi connectivity index (χ2v) is 5.53. The van der Waals surface area contributed by atoms with Gasteiger partial charge in [0, 0.05) is 29.6 Å². The zero-order valence-corrected chi connectivity index (χ0v) is 14.3. The third-order valence-electron chi connectivity index (χ3n) is 3.25. The lowest BCUT2D eigenvalue weighted by atomic mass is 10.2. The molecule has 2 aromatic rings. The van der Waals surface area contributed by atoms with Gasteiger partial charge in [-0.25, -0.2) is 0 Å². The number of carbonyl (C=O) groups is 3. The van der Waals surface area contributed by atoms with Crippen molar-refractivity contribution >= 4 is 29.1 Å². The molecular formula is C19H20N4O3. The van der Waals surface area contributed by atoms with Crippen molar-refractivity contribution in [2.24, 2.45) is 0 Å². The molecule has 0 unspecified atom stereocenters. The minimum Gasteiger partial charge on any atom is -0.326 e. The van der Waals surface area contributed by atoms with Crippen molar-refractivity contribution in [1.29, 1.82) is 0 Å². The molecule has 0 fully saturated rings. The van der Waals surface area contributed by atoms with Gasteiger partial charge in [-0.1, -0.05) is 24.8 Å². The normalized spacial score (nSPS) is 9.73. The Morgan fingerprint density at radius 3 is 2.08 bits per heavy atom. The SMILES string of the molecule is C=C(CC(=O)Nc1ccccc1)NNC(=O)c1ccc(NC(C)=O)cc1. The Morgan fingerprint density at radius 2 is 1.46 bits per heavy atom. The standard InChI is InChI=1S/C19H20N4O3/c1-13(12-18(25)21-16-6-4-3-5-7-16)22-23-19(26)15-8-10-17(11-9-15)20-14(2)24/h3-11,22H,1,12H2,2H3,(H,20,24)(H,21,25)(H,23,26). The molecule has 134 valence electrons. The van der Waals surface area contributed by atoms with E-state index in [4.69, 9.17) is 0 Å². The van der Waals surface area contributed by atoms with E-state index in [1.54, 1.807) is 36.4 Å². The Balaban J connectivity index is 1.78. The van der Waals surface area contributed by atoms with Gasteiger partial charge >= 0.3 is 0 Å². The number of hydrazine groups is 1. The summed E-state index contributed by atoms with van der Waals surface area (Å²) < 4.78 is 0. The molecule has 0 saturated carbocycles. The van der Waals surface area contributed by atoms with Crippen LogP contribution in [0.25, 0.3) is 0 Å².